The van der Waals surface area contributed by atoms with E-state index in [2.05, 4.69) is 5.32 Å². The first-order chi connectivity index (χ1) is 16.9. The maximum Gasteiger partial charge on any atom is 0.242 e. The molecule has 182 valence electrons. The van der Waals surface area contributed by atoms with E-state index in [0.29, 0.717) is 34.4 Å². The summed E-state index contributed by atoms with van der Waals surface area (Å²) in [7, 11) is 1.58. The molecule has 2 amide bonds. The summed E-state index contributed by atoms with van der Waals surface area (Å²) >= 11 is 12.3. The molecule has 6 nitrogen and oxygen atoms in total. The third kappa shape index (κ3) is 6.27. The smallest absolute Gasteiger partial charge is 0.242 e. The number of carbonyl (C=O) groups excluding carboxylic acids is 2. The van der Waals surface area contributed by atoms with E-state index < -0.39 is 6.04 Å². The molecule has 0 saturated carbocycles. The van der Waals surface area contributed by atoms with Crippen LogP contribution < -0.4 is 14.8 Å². The van der Waals surface area contributed by atoms with Crippen molar-refractivity contribution in [2.24, 2.45) is 0 Å². The summed E-state index contributed by atoms with van der Waals surface area (Å²) in [6, 6.07) is 19.9. The van der Waals surface area contributed by atoms with Crippen molar-refractivity contribution in [3.8, 4) is 11.5 Å². The van der Waals surface area contributed by atoms with Crippen LogP contribution in [0.4, 0.5) is 0 Å². The van der Waals surface area contributed by atoms with Crippen LogP contribution in [0.3, 0.4) is 0 Å². The van der Waals surface area contributed by atoms with Gasteiger partial charge < -0.3 is 19.7 Å². The Kier molecular flexibility index (Phi) is 8.16. The average molecular weight is 513 g/mol. The van der Waals surface area contributed by atoms with Crippen molar-refractivity contribution in [1.82, 2.24) is 10.2 Å². The zero-order chi connectivity index (χ0) is 24.8. The number of hydrogen-bond acceptors (Lipinski definition) is 4. The first kappa shape index (κ1) is 24.9. The topological polar surface area (TPSA) is 67.9 Å². The van der Waals surface area contributed by atoms with Crippen molar-refractivity contribution < 1.29 is 19.1 Å². The van der Waals surface area contributed by atoms with Crippen molar-refractivity contribution in [2.45, 2.75) is 31.8 Å². The summed E-state index contributed by atoms with van der Waals surface area (Å²) in [5.74, 6) is 1.00. The molecule has 1 atom stereocenters. The molecule has 1 N–H and O–H groups in total. The highest BCUT2D eigenvalue weighted by Gasteiger charge is 2.30. The summed E-state index contributed by atoms with van der Waals surface area (Å²) in [4.78, 5) is 28.2. The molecular weight excluding hydrogens is 487 g/mol. The van der Waals surface area contributed by atoms with Gasteiger partial charge >= 0.3 is 0 Å². The molecule has 3 aromatic carbocycles. The lowest BCUT2D eigenvalue weighted by Crippen LogP contribution is -2.49. The van der Waals surface area contributed by atoms with Gasteiger partial charge in [-0.25, -0.2) is 0 Å². The molecule has 1 aliphatic rings. The van der Waals surface area contributed by atoms with Gasteiger partial charge in [0.25, 0.3) is 0 Å². The average Bonchev–Trinajstić information content (AvgIpc) is 3.35. The minimum atomic E-state index is -0.693. The molecule has 35 heavy (non-hydrogen) atoms. The van der Waals surface area contributed by atoms with Crippen molar-refractivity contribution >= 4 is 35.0 Å². The fraction of sp³-hybridized carbons (Fsp3) is 0.259. The van der Waals surface area contributed by atoms with Gasteiger partial charge in [0.15, 0.2) is 11.5 Å². The lowest BCUT2D eigenvalue weighted by atomic mass is 10.0. The van der Waals surface area contributed by atoms with Crippen LogP contribution in [-0.2, 0) is 29.0 Å². The van der Waals surface area contributed by atoms with Crippen LogP contribution in [0, 0.1) is 0 Å². The summed E-state index contributed by atoms with van der Waals surface area (Å²) in [6.07, 6.45) is 1.11. The van der Waals surface area contributed by atoms with E-state index in [1.807, 2.05) is 54.6 Å². The molecule has 1 aliphatic heterocycles. The highest BCUT2D eigenvalue weighted by molar-refractivity contribution is 6.42. The molecule has 1 unspecified atom stereocenters. The Balaban J connectivity index is 1.58. The number of ether oxygens (including phenoxy) is 2. The summed E-state index contributed by atoms with van der Waals surface area (Å²) < 4.78 is 10.8. The first-order valence-corrected chi connectivity index (χ1v) is 12.1. The molecule has 0 spiro atoms. The van der Waals surface area contributed by atoms with Crippen molar-refractivity contribution in [1.29, 1.82) is 0 Å². The van der Waals surface area contributed by atoms with Gasteiger partial charge in [0.05, 0.1) is 10.0 Å². The van der Waals surface area contributed by atoms with E-state index in [4.69, 9.17) is 32.7 Å². The van der Waals surface area contributed by atoms with E-state index in [1.54, 1.807) is 24.1 Å². The van der Waals surface area contributed by atoms with E-state index in [-0.39, 0.29) is 31.6 Å². The van der Waals surface area contributed by atoms with E-state index in [0.717, 1.165) is 16.7 Å². The number of nitrogens with zero attached hydrogens (tertiary/aromatic N) is 1. The Bertz CT molecular complexity index is 1200. The van der Waals surface area contributed by atoms with Crippen LogP contribution in [-0.4, -0.2) is 36.6 Å². The number of fused-ring (bicyclic) bond motifs is 1. The Morgan fingerprint density at radius 1 is 0.914 bits per heavy atom. The summed E-state index contributed by atoms with van der Waals surface area (Å²) in [6.45, 7) is 0.421. The molecule has 8 heteroatoms. The number of rotatable bonds is 9. The Morgan fingerprint density at radius 3 is 2.40 bits per heavy atom. The highest BCUT2D eigenvalue weighted by Crippen LogP contribution is 2.33. The molecule has 0 bridgehead atoms. The van der Waals surface area contributed by atoms with Gasteiger partial charge in [0, 0.05) is 26.4 Å². The summed E-state index contributed by atoms with van der Waals surface area (Å²) in [5, 5.41) is 3.55. The van der Waals surface area contributed by atoms with Crippen LogP contribution in [0.5, 0.6) is 11.5 Å². The number of nitrogens with one attached hydrogen (secondary N) is 1. The van der Waals surface area contributed by atoms with Gasteiger partial charge in [-0.05, 0) is 47.4 Å². The molecule has 1 heterocycles. The second kappa shape index (κ2) is 11.5. The Morgan fingerprint density at radius 2 is 1.66 bits per heavy atom. The molecule has 0 fully saturated rings. The minimum Gasteiger partial charge on any atom is -0.454 e. The number of aryl methyl sites for hydroxylation is 1. The third-order valence-electron chi connectivity index (χ3n) is 5.92. The molecular formula is C27H26Cl2N2O4. The van der Waals surface area contributed by atoms with E-state index in [9.17, 15) is 9.59 Å². The third-order valence-corrected chi connectivity index (χ3v) is 6.66. The standard InChI is InChI=1S/C27H26Cl2N2O4/c1-30-27(33)23(14-18-5-3-2-4-6-18)31(16-20-7-10-21(28)22(29)13-20)26(32)12-9-19-8-11-24-25(15-19)35-17-34-24/h2-8,10-11,13,15,23H,9,12,14,16-17H2,1H3,(H,30,33). The quantitative estimate of drug-likeness (QED) is 0.436. The molecule has 0 radical (unpaired) electrons. The molecule has 0 aliphatic carbocycles. The van der Waals surface area contributed by atoms with Crippen LogP contribution in [0.2, 0.25) is 10.0 Å². The maximum absolute atomic E-state index is 13.6. The van der Waals surface area contributed by atoms with Gasteiger partial charge in [-0.3, -0.25) is 9.59 Å². The zero-order valence-corrected chi connectivity index (χ0v) is 20.8. The molecule has 0 saturated heterocycles. The fourth-order valence-corrected chi connectivity index (χ4v) is 4.37. The lowest BCUT2D eigenvalue weighted by Gasteiger charge is -2.31. The van der Waals surface area contributed by atoms with Gasteiger partial charge in [-0.15, -0.1) is 0 Å². The first-order valence-electron chi connectivity index (χ1n) is 11.3. The Labute approximate surface area is 214 Å². The van der Waals surface area contributed by atoms with Gasteiger partial charge in [-0.2, -0.15) is 0 Å². The van der Waals surface area contributed by atoms with E-state index in [1.165, 1.54) is 0 Å². The van der Waals surface area contributed by atoms with Crippen LogP contribution >= 0.6 is 23.2 Å². The number of benzene rings is 3. The SMILES string of the molecule is CNC(=O)C(Cc1ccccc1)N(Cc1ccc(Cl)c(Cl)c1)C(=O)CCc1ccc2c(c1)OCO2. The highest BCUT2D eigenvalue weighted by atomic mass is 35.5. The largest absolute Gasteiger partial charge is 0.454 e. The number of hydrogen-bond donors (Lipinski definition) is 1. The number of amides is 2. The molecule has 0 aromatic heterocycles. The monoisotopic (exact) mass is 512 g/mol. The second-order valence-electron chi connectivity index (χ2n) is 8.28. The second-order valence-corrected chi connectivity index (χ2v) is 9.09. The van der Waals surface area contributed by atoms with E-state index >= 15 is 0 Å². The zero-order valence-electron chi connectivity index (χ0n) is 19.3. The van der Waals surface area contributed by atoms with Gasteiger partial charge in [0.1, 0.15) is 6.04 Å². The van der Waals surface area contributed by atoms with Crippen LogP contribution in [0.1, 0.15) is 23.1 Å². The van der Waals surface area contributed by atoms with Crippen molar-refractivity contribution in [3.05, 3.63) is 93.5 Å². The predicted octanol–water partition coefficient (Wildman–Crippen LogP) is 5.04. The maximum atomic E-state index is 13.6. The normalized spacial score (nSPS) is 12.8. The van der Waals surface area contributed by atoms with Crippen LogP contribution in [0.15, 0.2) is 66.7 Å². The number of likely N-dealkylation sites (N-methyl/N-ethyl adjacent to an activating group) is 1. The number of halogens is 2. The predicted molar refractivity (Wildman–Crippen MR) is 136 cm³/mol. The summed E-state index contributed by atoms with van der Waals surface area (Å²) in [5.41, 5.74) is 2.71. The van der Waals surface area contributed by atoms with Crippen LogP contribution in [0.25, 0.3) is 0 Å². The minimum absolute atomic E-state index is 0.140. The van der Waals surface area contributed by atoms with Gasteiger partial charge in [0.2, 0.25) is 18.6 Å². The molecule has 3 aromatic rings. The molecule has 4 rings (SSSR count). The fourth-order valence-electron chi connectivity index (χ4n) is 4.05. The van der Waals surface area contributed by atoms with Crippen molar-refractivity contribution in [2.75, 3.05) is 13.8 Å². The number of carbonyl (C=O) groups is 2. The lowest BCUT2D eigenvalue weighted by molar-refractivity contribution is -0.141. The van der Waals surface area contributed by atoms with Gasteiger partial charge in [-0.1, -0.05) is 65.7 Å². The van der Waals surface area contributed by atoms with Crippen molar-refractivity contribution in [3.63, 3.8) is 0 Å². The Hall–Kier alpha value is -3.22.